The Labute approximate surface area is 150 Å². The second-order valence-corrected chi connectivity index (χ2v) is 5.62. The van der Waals surface area contributed by atoms with Gasteiger partial charge in [0.15, 0.2) is 0 Å². The van der Waals surface area contributed by atoms with E-state index in [1.807, 2.05) is 24.3 Å². The molecule has 0 saturated heterocycles. The Hall–Kier alpha value is -2.96. The number of hydrogen-bond acceptors (Lipinski definition) is 3. The maximum absolute atomic E-state index is 13.9. The zero-order valence-corrected chi connectivity index (χ0v) is 14.6. The second-order valence-electron chi connectivity index (χ2n) is 5.62. The molecular formula is C19H20F2N2O3. The Morgan fingerprint density at radius 1 is 1.08 bits per heavy atom. The smallest absolute Gasteiger partial charge is 0.240 e. The third kappa shape index (κ3) is 5.02. The molecule has 1 N–H and O–H groups in total. The van der Waals surface area contributed by atoms with Crippen LogP contribution in [0.15, 0.2) is 42.5 Å². The molecule has 0 spiro atoms. The summed E-state index contributed by atoms with van der Waals surface area (Å²) in [5.74, 6) is -2.19. The molecule has 0 aliphatic carbocycles. The second kappa shape index (κ2) is 8.94. The Kier molecular flexibility index (Phi) is 6.66. The molecule has 2 rings (SSSR count). The third-order valence-corrected chi connectivity index (χ3v) is 3.78. The summed E-state index contributed by atoms with van der Waals surface area (Å²) in [6.45, 7) is 1.02. The van der Waals surface area contributed by atoms with Crippen LogP contribution < -0.4 is 15.0 Å². The molecule has 0 fully saturated rings. The van der Waals surface area contributed by atoms with Gasteiger partial charge in [0.25, 0.3) is 0 Å². The van der Waals surface area contributed by atoms with Gasteiger partial charge in [-0.25, -0.2) is 8.78 Å². The summed E-state index contributed by atoms with van der Waals surface area (Å²) in [6.07, 6.45) is 0.573. The van der Waals surface area contributed by atoms with Gasteiger partial charge in [0.1, 0.15) is 29.6 Å². The molecule has 0 aliphatic rings. The fourth-order valence-electron chi connectivity index (χ4n) is 2.43. The summed E-state index contributed by atoms with van der Waals surface area (Å²) >= 11 is 0. The highest BCUT2D eigenvalue weighted by Gasteiger charge is 2.22. The van der Waals surface area contributed by atoms with Crippen LogP contribution in [0.2, 0.25) is 0 Å². The first-order chi connectivity index (χ1) is 12.4. The molecule has 0 aliphatic heterocycles. The average molecular weight is 362 g/mol. The number of benzene rings is 2. The summed E-state index contributed by atoms with van der Waals surface area (Å²) < 4.78 is 32.8. The highest BCUT2D eigenvalue weighted by atomic mass is 19.1. The first-order valence-corrected chi connectivity index (χ1v) is 8.04. The number of nitrogens with zero attached hydrogens (tertiary/aromatic N) is 1. The zero-order valence-electron chi connectivity index (χ0n) is 14.6. The van der Waals surface area contributed by atoms with Crippen LogP contribution >= 0.6 is 0 Å². The number of halogens is 2. The van der Waals surface area contributed by atoms with Crippen LogP contribution in [-0.2, 0) is 16.0 Å². The van der Waals surface area contributed by atoms with Crippen molar-refractivity contribution in [2.45, 2.75) is 13.3 Å². The van der Waals surface area contributed by atoms with Crippen molar-refractivity contribution < 1.29 is 23.1 Å². The molecule has 0 saturated carbocycles. The lowest BCUT2D eigenvalue weighted by atomic mass is 10.1. The fourth-order valence-corrected chi connectivity index (χ4v) is 2.43. The van der Waals surface area contributed by atoms with Gasteiger partial charge < -0.3 is 10.1 Å². The van der Waals surface area contributed by atoms with Gasteiger partial charge in [-0.15, -0.1) is 0 Å². The Balaban J connectivity index is 1.94. The molecule has 0 bridgehead atoms. The average Bonchev–Trinajstić information content (AvgIpc) is 2.61. The van der Waals surface area contributed by atoms with Crippen LogP contribution in [0.1, 0.15) is 12.5 Å². The van der Waals surface area contributed by atoms with Crippen molar-refractivity contribution in [2.24, 2.45) is 0 Å². The van der Waals surface area contributed by atoms with E-state index in [2.05, 4.69) is 5.32 Å². The summed E-state index contributed by atoms with van der Waals surface area (Å²) in [6, 6.07) is 10.7. The van der Waals surface area contributed by atoms with Crippen molar-refractivity contribution in [1.29, 1.82) is 0 Å². The van der Waals surface area contributed by atoms with Gasteiger partial charge in [-0.2, -0.15) is 0 Å². The van der Waals surface area contributed by atoms with Crippen LogP contribution in [0.4, 0.5) is 14.5 Å². The molecule has 0 atom stereocenters. The van der Waals surface area contributed by atoms with Crippen LogP contribution in [0, 0.1) is 11.6 Å². The molecular weight excluding hydrogens is 342 g/mol. The number of nitrogens with one attached hydrogen (secondary N) is 1. The number of methoxy groups -OCH3 is 1. The van der Waals surface area contributed by atoms with E-state index in [0.717, 1.165) is 35.3 Å². The van der Waals surface area contributed by atoms with Gasteiger partial charge in [0, 0.05) is 13.5 Å². The topological polar surface area (TPSA) is 58.6 Å². The van der Waals surface area contributed by atoms with Crippen molar-refractivity contribution in [3.63, 3.8) is 0 Å². The number of hydrogen-bond donors (Lipinski definition) is 1. The SMILES string of the molecule is COc1ccc(CCNC(=O)CN(C(C)=O)c2c(F)cccc2F)cc1. The van der Waals surface area contributed by atoms with Crippen LogP contribution in [0.25, 0.3) is 0 Å². The molecule has 0 unspecified atom stereocenters. The van der Waals surface area contributed by atoms with Crippen LogP contribution in [0.5, 0.6) is 5.75 Å². The Morgan fingerprint density at radius 2 is 1.69 bits per heavy atom. The lowest BCUT2D eigenvalue weighted by molar-refractivity contribution is -0.123. The molecule has 5 nitrogen and oxygen atoms in total. The monoisotopic (exact) mass is 362 g/mol. The number of para-hydroxylation sites is 1. The van der Waals surface area contributed by atoms with E-state index in [9.17, 15) is 18.4 Å². The van der Waals surface area contributed by atoms with E-state index < -0.39 is 35.7 Å². The van der Waals surface area contributed by atoms with Crippen molar-refractivity contribution in [3.05, 3.63) is 59.7 Å². The number of anilines is 1. The molecule has 138 valence electrons. The molecule has 0 radical (unpaired) electrons. The molecule has 2 aromatic carbocycles. The van der Waals surface area contributed by atoms with E-state index in [0.29, 0.717) is 13.0 Å². The predicted molar refractivity (Wildman–Crippen MR) is 94.1 cm³/mol. The standard InChI is InChI=1S/C19H20F2N2O3/c1-13(24)23(19-16(20)4-3-5-17(19)21)12-18(25)22-11-10-14-6-8-15(26-2)9-7-14/h3-9H,10-12H2,1-2H3,(H,22,25). The number of carbonyl (C=O) groups excluding carboxylic acids is 2. The van der Waals surface area contributed by atoms with E-state index in [1.165, 1.54) is 6.07 Å². The molecule has 7 heteroatoms. The molecule has 2 aromatic rings. The largest absolute Gasteiger partial charge is 0.497 e. The van der Waals surface area contributed by atoms with Crippen molar-refractivity contribution in [1.82, 2.24) is 5.32 Å². The van der Waals surface area contributed by atoms with E-state index >= 15 is 0 Å². The molecule has 0 aromatic heterocycles. The lowest BCUT2D eigenvalue weighted by Crippen LogP contribution is -2.41. The highest BCUT2D eigenvalue weighted by Crippen LogP contribution is 2.23. The summed E-state index contributed by atoms with van der Waals surface area (Å²) in [5, 5.41) is 2.64. The summed E-state index contributed by atoms with van der Waals surface area (Å²) in [5.41, 5.74) is 0.472. The van der Waals surface area contributed by atoms with Crippen LogP contribution in [0.3, 0.4) is 0 Å². The minimum Gasteiger partial charge on any atom is -0.497 e. The van der Waals surface area contributed by atoms with Gasteiger partial charge in [0.2, 0.25) is 11.8 Å². The third-order valence-electron chi connectivity index (χ3n) is 3.78. The van der Waals surface area contributed by atoms with Gasteiger partial charge >= 0.3 is 0 Å². The minimum atomic E-state index is -0.897. The number of rotatable bonds is 7. The zero-order chi connectivity index (χ0) is 19.1. The fraction of sp³-hybridized carbons (Fsp3) is 0.263. The Bertz CT molecular complexity index is 759. The van der Waals surface area contributed by atoms with Gasteiger partial charge in [0.05, 0.1) is 7.11 Å². The molecule has 26 heavy (non-hydrogen) atoms. The van der Waals surface area contributed by atoms with Crippen molar-refractivity contribution in [2.75, 3.05) is 25.1 Å². The van der Waals surface area contributed by atoms with E-state index in [-0.39, 0.29) is 0 Å². The Morgan fingerprint density at radius 3 is 2.23 bits per heavy atom. The maximum atomic E-state index is 13.9. The number of amides is 2. The predicted octanol–water partition coefficient (Wildman–Crippen LogP) is 2.69. The van der Waals surface area contributed by atoms with Crippen molar-refractivity contribution in [3.8, 4) is 5.75 Å². The van der Waals surface area contributed by atoms with Crippen molar-refractivity contribution >= 4 is 17.5 Å². The maximum Gasteiger partial charge on any atom is 0.240 e. The quantitative estimate of drug-likeness (QED) is 0.824. The normalized spacial score (nSPS) is 10.3. The molecule has 2 amide bonds. The van der Waals surface area contributed by atoms with E-state index in [1.54, 1.807) is 7.11 Å². The first-order valence-electron chi connectivity index (χ1n) is 8.04. The minimum absolute atomic E-state index is 0.330. The van der Waals surface area contributed by atoms with Gasteiger partial charge in [-0.1, -0.05) is 18.2 Å². The van der Waals surface area contributed by atoms with Crippen LogP contribution in [-0.4, -0.2) is 32.0 Å². The van der Waals surface area contributed by atoms with Gasteiger partial charge in [-0.05, 0) is 36.2 Å². The van der Waals surface area contributed by atoms with E-state index in [4.69, 9.17) is 4.74 Å². The summed E-state index contributed by atoms with van der Waals surface area (Å²) in [7, 11) is 1.58. The lowest BCUT2D eigenvalue weighted by Gasteiger charge is -2.21. The number of ether oxygens (including phenoxy) is 1. The summed E-state index contributed by atoms with van der Waals surface area (Å²) in [4.78, 5) is 24.6. The number of carbonyl (C=O) groups is 2. The highest BCUT2D eigenvalue weighted by molar-refractivity contribution is 5.97. The van der Waals surface area contributed by atoms with Gasteiger partial charge in [-0.3, -0.25) is 14.5 Å². The first kappa shape index (κ1) is 19.4. The molecule has 0 heterocycles.